The van der Waals surface area contributed by atoms with Crippen LogP contribution in [0.5, 0.6) is 0 Å². The summed E-state index contributed by atoms with van der Waals surface area (Å²) >= 11 is 1.67. The van der Waals surface area contributed by atoms with Crippen LogP contribution in [0, 0.1) is 13.8 Å². The molecule has 0 unspecified atom stereocenters. The van der Waals surface area contributed by atoms with Crippen molar-refractivity contribution in [2.24, 2.45) is 4.99 Å². The molecule has 0 aliphatic heterocycles. The molecule has 0 aliphatic rings. The zero-order valence-corrected chi connectivity index (χ0v) is 16.9. The molecule has 0 bridgehead atoms. The van der Waals surface area contributed by atoms with Gasteiger partial charge in [0.05, 0.1) is 23.5 Å². The molecule has 9 heteroatoms. The molecule has 0 amide bonds. The zero-order chi connectivity index (χ0) is 18.2. The van der Waals surface area contributed by atoms with E-state index in [0.29, 0.717) is 26.2 Å². The molecule has 0 spiro atoms. The van der Waals surface area contributed by atoms with Gasteiger partial charge < -0.3 is 10.6 Å². The summed E-state index contributed by atoms with van der Waals surface area (Å²) in [5.74, 6) is 0.741. The maximum absolute atomic E-state index is 11.6. The smallest absolute Gasteiger partial charge is 0.211 e. The maximum Gasteiger partial charge on any atom is 0.211 e. The Morgan fingerprint density at radius 2 is 2.00 bits per heavy atom. The minimum absolute atomic E-state index is 0.497. The lowest BCUT2D eigenvalue weighted by molar-refractivity contribution is 0.424. The van der Waals surface area contributed by atoms with Crippen LogP contribution in [-0.2, 0) is 16.6 Å². The molecule has 0 saturated heterocycles. The van der Waals surface area contributed by atoms with E-state index in [0.717, 1.165) is 29.6 Å². The molecular weight excluding hydrogens is 346 g/mol. The molecule has 1 heterocycles. The van der Waals surface area contributed by atoms with Crippen LogP contribution in [0.15, 0.2) is 4.99 Å². The van der Waals surface area contributed by atoms with E-state index in [1.807, 2.05) is 27.7 Å². The quantitative estimate of drug-likeness (QED) is 0.388. The van der Waals surface area contributed by atoms with Crippen molar-refractivity contribution in [1.29, 1.82) is 0 Å². The Morgan fingerprint density at radius 1 is 1.29 bits per heavy atom. The second-order valence-corrected chi connectivity index (χ2v) is 8.74. The van der Waals surface area contributed by atoms with Gasteiger partial charge in [-0.1, -0.05) is 6.92 Å². The summed E-state index contributed by atoms with van der Waals surface area (Å²) in [6, 6.07) is 0. The van der Waals surface area contributed by atoms with Crippen molar-refractivity contribution < 1.29 is 8.42 Å². The number of rotatable bonds is 9. The van der Waals surface area contributed by atoms with E-state index in [-0.39, 0.29) is 0 Å². The SMILES string of the molecule is CCNC(=NCc1sc(C)nc1C)NCCCN(CC)S(C)(=O)=O. The van der Waals surface area contributed by atoms with E-state index in [1.54, 1.807) is 11.3 Å². The molecule has 0 fully saturated rings. The van der Waals surface area contributed by atoms with Crippen LogP contribution in [0.2, 0.25) is 0 Å². The van der Waals surface area contributed by atoms with E-state index < -0.39 is 10.0 Å². The Bertz CT molecular complexity index is 640. The van der Waals surface area contributed by atoms with Crippen LogP contribution in [-0.4, -0.2) is 56.1 Å². The minimum atomic E-state index is -3.12. The first kappa shape index (κ1) is 20.9. The highest BCUT2D eigenvalue weighted by atomic mass is 32.2. The predicted octanol–water partition coefficient (Wildman–Crippen LogP) is 1.49. The molecule has 138 valence electrons. The third-order valence-corrected chi connectivity index (χ3v) is 5.86. The van der Waals surface area contributed by atoms with Crippen molar-refractivity contribution >= 4 is 27.3 Å². The van der Waals surface area contributed by atoms with Crippen molar-refractivity contribution in [3.63, 3.8) is 0 Å². The van der Waals surface area contributed by atoms with Crippen molar-refractivity contribution in [2.45, 2.75) is 40.7 Å². The van der Waals surface area contributed by atoms with Gasteiger partial charge in [0.1, 0.15) is 0 Å². The molecule has 1 rings (SSSR count). The summed E-state index contributed by atoms with van der Waals surface area (Å²) in [4.78, 5) is 10.2. The van der Waals surface area contributed by atoms with Crippen LogP contribution < -0.4 is 10.6 Å². The summed E-state index contributed by atoms with van der Waals surface area (Å²) in [7, 11) is -3.12. The molecule has 0 saturated carbocycles. The number of hydrogen-bond donors (Lipinski definition) is 2. The van der Waals surface area contributed by atoms with Gasteiger partial charge >= 0.3 is 0 Å². The number of aryl methyl sites for hydroxylation is 2. The average Bonchev–Trinajstić information content (AvgIpc) is 2.81. The van der Waals surface area contributed by atoms with Gasteiger partial charge in [-0.15, -0.1) is 11.3 Å². The predicted molar refractivity (Wildman–Crippen MR) is 101 cm³/mol. The Kier molecular flexibility index (Phi) is 8.65. The molecule has 0 atom stereocenters. The number of nitrogens with one attached hydrogen (secondary N) is 2. The standard InChI is InChI=1S/C15H29N5O2S2/c1-6-16-15(18-11-14-12(3)19-13(4)23-14)17-9-8-10-20(7-2)24(5,21)22/h6-11H2,1-5H3,(H2,16,17,18). The Hall–Kier alpha value is -1.19. The van der Waals surface area contributed by atoms with Crippen molar-refractivity contribution in [2.75, 3.05) is 32.4 Å². The second kappa shape index (κ2) is 9.95. The fourth-order valence-electron chi connectivity index (χ4n) is 2.23. The van der Waals surface area contributed by atoms with Gasteiger partial charge in [0.25, 0.3) is 0 Å². The monoisotopic (exact) mass is 375 g/mol. The zero-order valence-electron chi connectivity index (χ0n) is 15.2. The second-order valence-electron chi connectivity index (χ2n) is 5.47. The first-order valence-corrected chi connectivity index (χ1v) is 10.8. The third kappa shape index (κ3) is 7.14. The molecule has 1 aromatic heterocycles. The number of guanidine groups is 1. The lowest BCUT2D eigenvalue weighted by Crippen LogP contribution is -2.39. The number of hydrogen-bond acceptors (Lipinski definition) is 5. The summed E-state index contributed by atoms with van der Waals surface area (Å²) in [5, 5.41) is 7.50. The fourth-order valence-corrected chi connectivity index (χ4v) is 4.02. The highest BCUT2D eigenvalue weighted by Crippen LogP contribution is 2.17. The molecule has 7 nitrogen and oxygen atoms in total. The van der Waals surface area contributed by atoms with E-state index in [9.17, 15) is 8.42 Å². The van der Waals surface area contributed by atoms with Crippen molar-refractivity contribution in [1.82, 2.24) is 19.9 Å². The van der Waals surface area contributed by atoms with Gasteiger partial charge in [-0.2, -0.15) is 0 Å². The van der Waals surface area contributed by atoms with Gasteiger partial charge in [-0.25, -0.2) is 22.7 Å². The van der Waals surface area contributed by atoms with E-state index in [1.165, 1.54) is 15.4 Å². The fraction of sp³-hybridized carbons (Fsp3) is 0.733. The van der Waals surface area contributed by atoms with Gasteiger partial charge in [0.2, 0.25) is 10.0 Å². The summed E-state index contributed by atoms with van der Waals surface area (Å²) < 4.78 is 24.6. The first-order valence-electron chi connectivity index (χ1n) is 8.18. The Morgan fingerprint density at radius 3 is 2.50 bits per heavy atom. The maximum atomic E-state index is 11.6. The molecule has 1 aromatic rings. The van der Waals surface area contributed by atoms with Crippen molar-refractivity contribution in [3.05, 3.63) is 15.6 Å². The molecule has 0 radical (unpaired) electrons. The molecule has 0 aliphatic carbocycles. The highest BCUT2D eigenvalue weighted by Gasteiger charge is 2.13. The topological polar surface area (TPSA) is 86.7 Å². The van der Waals surface area contributed by atoms with E-state index in [4.69, 9.17) is 0 Å². The van der Waals surface area contributed by atoms with Crippen LogP contribution >= 0.6 is 11.3 Å². The van der Waals surface area contributed by atoms with Crippen LogP contribution in [0.1, 0.15) is 35.8 Å². The minimum Gasteiger partial charge on any atom is -0.357 e. The van der Waals surface area contributed by atoms with Crippen LogP contribution in [0.4, 0.5) is 0 Å². The number of aromatic nitrogens is 1. The average molecular weight is 376 g/mol. The Balaban J connectivity index is 2.51. The molecule has 24 heavy (non-hydrogen) atoms. The number of nitrogens with zero attached hydrogens (tertiary/aromatic N) is 3. The molecular formula is C15H29N5O2S2. The van der Waals surface area contributed by atoms with Gasteiger partial charge in [-0.3, -0.25) is 0 Å². The van der Waals surface area contributed by atoms with E-state index >= 15 is 0 Å². The van der Waals surface area contributed by atoms with Crippen LogP contribution in [0.25, 0.3) is 0 Å². The van der Waals surface area contributed by atoms with Crippen molar-refractivity contribution in [3.8, 4) is 0 Å². The molecule has 2 N–H and O–H groups in total. The van der Waals surface area contributed by atoms with Crippen LogP contribution in [0.3, 0.4) is 0 Å². The summed E-state index contributed by atoms with van der Waals surface area (Å²) in [5.41, 5.74) is 1.03. The summed E-state index contributed by atoms with van der Waals surface area (Å²) in [6.45, 7) is 10.9. The highest BCUT2D eigenvalue weighted by molar-refractivity contribution is 7.88. The summed E-state index contributed by atoms with van der Waals surface area (Å²) in [6.07, 6.45) is 1.97. The van der Waals surface area contributed by atoms with Gasteiger partial charge in [-0.05, 0) is 27.2 Å². The number of thiazole rings is 1. The first-order chi connectivity index (χ1) is 11.3. The Labute approximate surface area is 149 Å². The number of aliphatic imine (C=N–C) groups is 1. The van der Waals surface area contributed by atoms with Gasteiger partial charge in [0, 0.05) is 31.1 Å². The van der Waals surface area contributed by atoms with E-state index in [2.05, 4.69) is 20.6 Å². The third-order valence-electron chi connectivity index (χ3n) is 3.42. The van der Waals surface area contributed by atoms with Gasteiger partial charge in [0.15, 0.2) is 5.96 Å². The molecule has 0 aromatic carbocycles. The normalized spacial score (nSPS) is 12.7. The lowest BCUT2D eigenvalue weighted by Gasteiger charge is -2.18. The number of sulfonamides is 1. The lowest BCUT2D eigenvalue weighted by atomic mass is 10.4. The largest absolute Gasteiger partial charge is 0.357 e.